The second kappa shape index (κ2) is 8.79. The Kier molecular flexibility index (Phi) is 8.57. The number of unbranched alkanes of at least 4 members (excludes halogenated alkanes) is 4. The van der Waals surface area contributed by atoms with Crippen molar-refractivity contribution in [3.63, 3.8) is 0 Å². The van der Waals surface area contributed by atoms with Crippen LogP contribution < -0.4 is 0 Å². The summed E-state index contributed by atoms with van der Waals surface area (Å²) < 4.78 is 0. The van der Waals surface area contributed by atoms with Crippen molar-refractivity contribution in [2.24, 2.45) is 0 Å². The Labute approximate surface area is 76.5 Å². The second-order valence-electron chi connectivity index (χ2n) is 3.38. The summed E-state index contributed by atoms with van der Waals surface area (Å²) in [5, 5.41) is 9.33. The van der Waals surface area contributed by atoms with Gasteiger partial charge in [-0.3, -0.25) is 0 Å². The van der Waals surface area contributed by atoms with Gasteiger partial charge >= 0.3 is 0 Å². The maximum Gasteiger partial charge on any atom is 0.0574 e. The number of aliphatic hydroxyl groups excluding tert-OH is 1. The molecule has 0 aromatic carbocycles. The second-order valence-corrected chi connectivity index (χ2v) is 3.38. The first-order valence-corrected chi connectivity index (χ1v) is 5.10. The summed E-state index contributed by atoms with van der Waals surface area (Å²) in [6.07, 6.45) is 9.69. The van der Waals surface area contributed by atoms with E-state index in [1.807, 2.05) is 0 Å². The summed E-state index contributed by atoms with van der Waals surface area (Å²) in [6.45, 7) is 5.81. The summed E-state index contributed by atoms with van der Waals surface area (Å²) in [4.78, 5) is 0. The Morgan fingerprint density at radius 2 is 1.92 bits per heavy atom. The van der Waals surface area contributed by atoms with Crippen LogP contribution in [0.25, 0.3) is 0 Å². The van der Waals surface area contributed by atoms with Crippen molar-refractivity contribution < 1.29 is 5.11 Å². The third-order valence-corrected chi connectivity index (χ3v) is 2.08. The molecule has 1 atom stereocenters. The highest BCUT2D eigenvalue weighted by atomic mass is 16.3. The third kappa shape index (κ3) is 7.80. The van der Waals surface area contributed by atoms with Gasteiger partial charge < -0.3 is 5.11 Å². The molecule has 0 heterocycles. The van der Waals surface area contributed by atoms with E-state index < -0.39 is 0 Å². The molecule has 12 heavy (non-hydrogen) atoms. The molecule has 0 aliphatic heterocycles. The lowest BCUT2D eigenvalue weighted by Gasteiger charge is -2.06. The molecule has 72 valence electrons. The van der Waals surface area contributed by atoms with E-state index in [2.05, 4.69) is 13.5 Å². The number of aliphatic hydroxyl groups is 1. The quantitative estimate of drug-likeness (QED) is 0.438. The maximum absolute atomic E-state index is 9.33. The van der Waals surface area contributed by atoms with E-state index in [1.165, 1.54) is 25.7 Å². The molecule has 0 saturated heterocycles. The SMILES string of the molecule is C=CC[C@H](O)CCCCCCC. The highest BCUT2D eigenvalue weighted by Crippen LogP contribution is 2.08. The standard InChI is InChI=1S/C11H22O/c1-3-5-6-7-8-10-11(12)9-4-2/h4,11-12H,2-3,5-10H2,1H3/t11-/m0/s1. The number of hydrogen-bond donors (Lipinski definition) is 1. The van der Waals surface area contributed by atoms with Crippen molar-refractivity contribution in [2.75, 3.05) is 0 Å². The molecular formula is C11H22O. The molecule has 0 aromatic heterocycles. The van der Waals surface area contributed by atoms with E-state index in [9.17, 15) is 5.11 Å². The van der Waals surface area contributed by atoms with Gasteiger partial charge in [0.25, 0.3) is 0 Å². The minimum absolute atomic E-state index is 0.149. The van der Waals surface area contributed by atoms with Crippen LogP contribution in [0, 0.1) is 0 Å². The fraction of sp³-hybridized carbons (Fsp3) is 0.818. The molecule has 0 aliphatic rings. The minimum atomic E-state index is -0.149. The summed E-state index contributed by atoms with van der Waals surface area (Å²) >= 11 is 0. The van der Waals surface area contributed by atoms with Gasteiger partial charge in [-0.1, -0.05) is 45.1 Å². The van der Waals surface area contributed by atoms with Gasteiger partial charge in [-0.15, -0.1) is 6.58 Å². The van der Waals surface area contributed by atoms with Crippen LogP contribution in [0.15, 0.2) is 12.7 Å². The number of rotatable bonds is 8. The molecule has 1 N–H and O–H groups in total. The first-order valence-electron chi connectivity index (χ1n) is 5.10. The lowest BCUT2D eigenvalue weighted by molar-refractivity contribution is 0.164. The van der Waals surface area contributed by atoms with Crippen LogP contribution in [-0.2, 0) is 0 Å². The molecule has 0 spiro atoms. The van der Waals surface area contributed by atoms with Gasteiger partial charge in [0, 0.05) is 0 Å². The average molecular weight is 170 g/mol. The zero-order valence-corrected chi connectivity index (χ0v) is 8.26. The maximum atomic E-state index is 9.33. The van der Waals surface area contributed by atoms with Crippen molar-refractivity contribution >= 4 is 0 Å². The molecule has 0 fully saturated rings. The zero-order chi connectivity index (χ0) is 9.23. The summed E-state index contributed by atoms with van der Waals surface area (Å²) in [6, 6.07) is 0. The summed E-state index contributed by atoms with van der Waals surface area (Å²) in [7, 11) is 0. The van der Waals surface area contributed by atoms with Gasteiger partial charge in [0.2, 0.25) is 0 Å². The highest BCUT2D eigenvalue weighted by molar-refractivity contribution is 4.71. The van der Waals surface area contributed by atoms with E-state index in [-0.39, 0.29) is 6.10 Å². The fourth-order valence-corrected chi connectivity index (χ4v) is 1.29. The summed E-state index contributed by atoms with van der Waals surface area (Å²) in [5.74, 6) is 0. The molecule has 0 radical (unpaired) electrons. The van der Waals surface area contributed by atoms with E-state index >= 15 is 0 Å². The Bertz CT molecular complexity index is 99.2. The molecule has 0 aliphatic carbocycles. The van der Waals surface area contributed by atoms with Crippen molar-refractivity contribution in [2.45, 2.75) is 58.0 Å². The Balaban J connectivity index is 3.02. The van der Waals surface area contributed by atoms with E-state index in [1.54, 1.807) is 6.08 Å². The van der Waals surface area contributed by atoms with Gasteiger partial charge in [-0.2, -0.15) is 0 Å². The average Bonchev–Trinajstić information content (AvgIpc) is 2.05. The van der Waals surface area contributed by atoms with Crippen molar-refractivity contribution in [1.29, 1.82) is 0 Å². The lowest BCUT2D eigenvalue weighted by Crippen LogP contribution is -2.03. The van der Waals surface area contributed by atoms with E-state index in [0.29, 0.717) is 0 Å². The molecule has 0 bridgehead atoms. The van der Waals surface area contributed by atoms with Crippen LogP contribution in [0.1, 0.15) is 51.9 Å². The van der Waals surface area contributed by atoms with Gasteiger partial charge in [0.1, 0.15) is 0 Å². The largest absolute Gasteiger partial charge is 0.393 e. The van der Waals surface area contributed by atoms with Crippen LogP contribution in [-0.4, -0.2) is 11.2 Å². The molecule has 0 amide bonds. The van der Waals surface area contributed by atoms with Crippen LogP contribution in [0.2, 0.25) is 0 Å². The highest BCUT2D eigenvalue weighted by Gasteiger charge is 1.99. The van der Waals surface area contributed by atoms with Crippen LogP contribution in [0.4, 0.5) is 0 Å². The molecule has 1 nitrogen and oxygen atoms in total. The fourth-order valence-electron chi connectivity index (χ4n) is 1.29. The third-order valence-electron chi connectivity index (χ3n) is 2.08. The topological polar surface area (TPSA) is 20.2 Å². The smallest absolute Gasteiger partial charge is 0.0574 e. The molecule has 1 heteroatoms. The van der Waals surface area contributed by atoms with Crippen molar-refractivity contribution in [3.8, 4) is 0 Å². The predicted octanol–water partition coefficient (Wildman–Crippen LogP) is 3.28. The van der Waals surface area contributed by atoms with Crippen LogP contribution >= 0.6 is 0 Å². The first kappa shape index (κ1) is 11.7. The van der Waals surface area contributed by atoms with Crippen LogP contribution in [0.3, 0.4) is 0 Å². The Morgan fingerprint density at radius 1 is 1.25 bits per heavy atom. The Morgan fingerprint density at radius 3 is 2.50 bits per heavy atom. The Hall–Kier alpha value is -0.300. The molecular weight excluding hydrogens is 148 g/mol. The van der Waals surface area contributed by atoms with Crippen molar-refractivity contribution in [3.05, 3.63) is 12.7 Å². The zero-order valence-electron chi connectivity index (χ0n) is 8.26. The van der Waals surface area contributed by atoms with Gasteiger partial charge in [-0.05, 0) is 12.8 Å². The monoisotopic (exact) mass is 170 g/mol. The first-order chi connectivity index (χ1) is 5.81. The normalized spacial score (nSPS) is 12.8. The minimum Gasteiger partial charge on any atom is -0.393 e. The molecule has 0 saturated carbocycles. The number of hydrogen-bond acceptors (Lipinski definition) is 1. The molecule has 0 aromatic rings. The van der Waals surface area contributed by atoms with Crippen LogP contribution in [0.5, 0.6) is 0 Å². The molecule has 0 rings (SSSR count). The van der Waals surface area contributed by atoms with Gasteiger partial charge in [0.15, 0.2) is 0 Å². The van der Waals surface area contributed by atoms with Gasteiger partial charge in [-0.25, -0.2) is 0 Å². The lowest BCUT2D eigenvalue weighted by atomic mass is 10.1. The van der Waals surface area contributed by atoms with Crippen molar-refractivity contribution in [1.82, 2.24) is 0 Å². The molecule has 0 unspecified atom stereocenters. The predicted molar refractivity (Wildman–Crippen MR) is 54.2 cm³/mol. The van der Waals surface area contributed by atoms with E-state index in [0.717, 1.165) is 19.3 Å². The summed E-state index contributed by atoms with van der Waals surface area (Å²) in [5.41, 5.74) is 0. The van der Waals surface area contributed by atoms with E-state index in [4.69, 9.17) is 0 Å². The van der Waals surface area contributed by atoms with Gasteiger partial charge in [0.05, 0.1) is 6.10 Å².